The highest BCUT2D eigenvalue weighted by Gasteiger charge is 2.43. The highest BCUT2D eigenvalue weighted by molar-refractivity contribution is 7.86. The van der Waals surface area contributed by atoms with Gasteiger partial charge in [-0.1, -0.05) is 33.3 Å². The van der Waals surface area contributed by atoms with Crippen LogP contribution in [0.2, 0.25) is 0 Å². The summed E-state index contributed by atoms with van der Waals surface area (Å²) in [5.74, 6) is -9.33. The van der Waals surface area contributed by atoms with Gasteiger partial charge in [-0.05, 0) is 91.6 Å². The highest BCUT2D eigenvalue weighted by Crippen LogP contribution is 2.51. The molecule has 2 atom stereocenters. The lowest BCUT2D eigenvalue weighted by atomic mass is 9.77. The molecule has 76 heavy (non-hydrogen) atoms. The van der Waals surface area contributed by atoms with Gasteiger partial charge in [0.05, 0.1) is 56.4 Å². The largest absolute Gasteiger partial charge is 0.456 e. The number of unbranched alkanes of at least 4 members (excludes halogenated alkanes) is 2. The summed E-state index contributed by atoms with van der Waals surface area (Å²) in [6.07, 6.45) is 6.45. The molecule has 0 saturated heterocycles. The molecule has 0 fully saturated rings. The average molecular weight is 1130 g/mol. The first kappa shape index (κ1) is 62.0. The van der Waals surface area contributed by atoms with Gasteiger partial charge in [0.2, 0.25) is 22.7 Å². The van der Waals surface area contributed by atoms with Gasteiger partial charge in [-0.2, -0.15) is 25.6 Å². The van der Waals surface area contributed by atoms with Gasteiger partial charge < -0.3 is 37.6 Å². The van der Waals surface area contributed by atoms with Gasteiger partial charge in [-0.25, -0.2) is 17.6 Å². The molecule has 3 N–H and O–H groups in total. The zero-order valence-electron chi connectivity index (χ0n) is 43.2. The smallest absolute Gasteiger partial charge is 0.311 e. The monoisotopic (exact) mass is 1130 g/mol. The van der Waals surface area contributed by atoms with E-state index in [2.05, 4.69) is 25.5 Å². The minimum absolute atomic E-state index is 0.00152. The fraction of sp³-hybridized carbons (Fsp3) is 0.500. The van der Waals surface area contributed by atoms with E-state index in [1.807, 2.05) is 46.7 Å². The number of allylic oxidation sites excluding steroid dienone is 3. The molecular weight excluding hydrogens is 1060 g/mol. The molecule has 0 bridgehead atoms. The first-order valence-corrected chi connectivity index (χ1v) is 28.9. The molecule has 5 rings (SSSR count). The number of anilines is 1. The molecule has 0 saturated carbocycles. The van der Waals surface area contributed by atoms with Gasteiger partial charge in [0.1, 0.15) is 24.7 Å². The van der Waals surface area contributed by atoms with Crippen molar-refractivity contribution in [2.45, 2.75) is 88.4 Å². The predicted molar refractivity (Wildman–Crippen MR) is 278 cm³/mol. The van der Waals surface area contributed by atoms with E-state index >= 15 is 0 Å². The Bertz CT molecular complexity index is 2970. The van der Waals surface area contributed by atoms with Crippen molar-refractivity contribution >= 4 is 49.0 Å². The minimum Gasteiger partial charge on any atom is -0.456 e. The summed E-state index contributed by atoms with van der Waals surface area (Å²) in [6.45, 7) is 11.6. The maximum atomic E-state index is 14.2. The van der Waals surface area contributed by atoms with E-state index in [0.717, 1.165) is 11.1 Å². The molecule has 2 heterocycles. The second kappa shape index (κ2) is 28.1. The van der Waals surface area contributed by atoms with Gasteiger partial charge in [-0.15, -0.1) is 0 Å². The van der Waals surface area contributed by atoms with Crippen LogP contribution in [-0.2, 0) is 65.9 Å². The van der Waals surface area contributed by atoms with Crippen molar-refractivity contribution in [2.24, 2.45) is 0 Å². The molecule has 3 aliphatic rings. The quantitative estimate of drug-likeness (QED) is 0.00655. The Hall–Kier alpha value is -4.89. The molecule has 2 aromatic rings. The number of rotatable bonds is 30. The summed E-state index contributed by atoms with van der Waals surface area (Å²) in [5, 5.41) is 0.701. The zero-order chi connectivity index (χ0) is 55.8. The number of hydrogen-bond acceptors (Lipinski definition) is 13. The third-order valence-electron chi connectivity index (χ3n) is 12.5. The maximum Gasteiger partial charge on any atom is 0.311 e. The number of halogens is 4. The average Bonchev–Trinajstić information content (AvgIpc) is 3.57. The molecule has 17 nitrogen and oxygen atoms in total. The van der Waals surface area contributed by atoms with Gasteiger partial charge >= 0.3 is 5.97 Å². The Morgan fingerprint density at radius 1 is 0.829 bits per heavy atom. The first-order valence-electron chi connectivity index (χ1n) is 24.6. The van der Waals surface area contributed by atoms with Crippen LogP contribution in [0.3, 0.4) is 0 Å². The van der Waals surface area contributed by atoms with Crippen molar-refractivity contribution in [3.8, 4) is 17.1 Å². The number of nitrogens with zero attached hydrogens (tertiary/aromatic N) is 2. The van der Waals surface area contributed by atoms with Crippen molar-refractivity contribution in [3.63, 3.8) is 0 Å². The number of carbonyl (C=O) groups is 1. The van der Waals surface area contributed by atoms with Crippen LogP contribution in [-0.4, -0.2) is 125 Å². The van der Waals surface area contributed by atoms with Crippen molar-refractivity contribution in [1.82, 2.24) is 4.58 Å². The molecule has 1 aliphatic carbocycles. The van der Waals surface area contributed by atoms with Gasteiger partial charge in [0, 0.05) is 66.7 Å². The highest BCUT2D eigenvalue weighted by atomic mass is 32.2. The molecule has 24 heteroatoms. The van der Waals surface area contributed by atoms with Crippen LogP contribution in [0, 0.1) is 23.3 Å². The molecule has 420 valence electrons. The van der Waals surface area contributed by atoms with Crippen LogP contribution in [0.25, 0.3) is 17.4 Å². The van der Waals surface area contributed by atoms with Gasteiger partial charge in [0.15, 0.2) is 29.3 Å². The number of esters is 1. The minimum atomic E-state index is -4.67. The third-order valence-corrected chi connectivity index (χ3v) is 14.8. The van der Waals surface area contributed by atoms with E-state index in [1.165, 1.54) is 12.1 Å². The van der Waals surface area contributed by atoms with Crippen molar-refractivity contribution in [2.75, 3.05) is 89.4 Å². The number of hydrogen-bond donors (Lipinski definition) is 3. The van der Waals surface area contributed by atoms with Crippen molar-refractivity contribution in [1.29, 1.82) is 0 Å². The lowest BCUT2D eigenvalue weighted by Crippen LogP contribution is -2.35. The van der Waals surface area contributed by atoms with Gasteiger partial charge in [-0.3, -0.25) is 13.9 Å². The summed E-state index contributed by atoms with van der Waals surface area (Å²) in [6, 6.07) is 11.8. The second-order valence-electron chi connectivity index (χ2n) is 19.2. The first-order chi connectivity index (χ1) is 35.8. The maximum absolute atomic E-state index is 14.2. The molecule has 2 unspecified atom stereocenters. The number of benzene rings is 3. The van der Waals surface area contributed by atoms with E-state index < -0.39 is 77.5 Å². The van der Waals surface area contributed by atoms with E-state index in [1.54, 1.807) is 25.3 Å². The summed E-state index contributed by atoms with van der Waals surface area (Å²) >= 11 is -2.14. The molecule has 0 amide bonds. The lowest BCUT2D eigenvalue weighted by Gasteiger charge is -2.30. The predicted octanol–water partition coefficient (Wildman–Crippen LogP) is 8.07. The number of ether oxygens (including phenoxy) is 5. The summed E-state index contributed by atoms with van der Waals surface area (Å²) in [5.41, 5.74) is 2.11. The van der Waals surface area contributed by atoms with Crippen molar-refractivity contribution in [3.05, 3.63) is 112 Å². The Morgan fingerprint density at radius 2 is 1.49 bits per heavy atom. The van der Waals surface area contributed by atoms with E-state index in [9.17, 15) is 57.1 Å². The van der Waals surface area contributed by atoms with Crippen molar-refractivity contribution < 1.29 is 85.2 Å². The zero-order valence-corrected chi connectivity index (χ0v) is 45.6. The Kier molecular flexibility index (Phi) is 22.9. The van der Waals surface area contributed by atoms with E-state index in [4.69, 9.17) is 23.4 Å². The fourth-order valence-electron chi connectivity index (χ4n) is 8.76. The summed E-state index contributed by atoms with van der Waals surface area (Å²) in [7, 11) is -7.30. The molecule has 2 aromatic carbocycles. The number of methoxy groups -OCH3 is 1. The van der Waals surface area contributed by atoms with Crippen LogP contribution in [0.5, 0.6) is 5.75 Å². The fourth-order valence-corrected chi connectivity index (χ4v) is 10.2. The normalized spacial score (nSPS) is 16.5. The topological polar surface area (TPSA) is 229 Å². The second-order valence-corrected chi connectivity index (χ2v) is 23.3. The molecular formula is C52H67F4N2O15S3+. The summed E-state index contributed by atoms with van der Waals surface area (Å²) < 4.78 is 180. The van der Waals surface area contributed by atoms with E-state index in [-0.39, 0.29) is 73.9 Å². The van der Waals surface area contributed by atoms with Crippen LogP contribution in [0.4, 0.5) is 23.2 Å². The Labute approximate surface area is 443 Å². The molecule has 0 spiro atoms. The van der Waals surface area contributed by atoms with Crippen LogP contribution in [0.15, 0.2) is 75.7 Å². The molecule has 0 aromatic heterocycles. The Balaban J connectivity index is 1.47. The number of fused-ring (bicyclic) bond motifs is 2. The third kappa shape index (κ3) is 17.8. The van der Waals surface area contributed by atoms with Crippen LogP contribution < -0.4 is 19.6 Å². The number of carbonyl (C=O) groups excluding carboxylic acids is 1. The SMILES string of the molecule is COCCOCCOCCOCC[N+](CCCS(=O)(=O)O)=c1ccc2c(C(C)(C)C)cc(C=CC=C3N(CCCCCC(=O)Oc4c(F)c(F)cc(F)c4F)c4ccc(S(=O)(=O)O)cc4C3(C)CCCS(=O)O)oc-2c1. The molecule has 2 aliphatic heterocycles. The lowest BCUT2D eigenvalue weighted by molar-refractivity contribution is -0.135. The van der Waals surface area contributed by atoms with Crippen LogP contribution >= 0.6 is 0 Å². The standard InChI is InChI=1S/C52H66F4N2O15S3/c1-51(2,3)40-33-37(72-45-32-36(15-17-39(40)45)57(20-11-31-75(62,63)64)22-23-69-26-27-71-29-28-70-25-24-68-5)12-9-13-46-52(4,19-10-30-74(60)61)41-34-38(76(65,66)67)16-18-44(41)58(46)21-8-6-7-14-47(59)73-50-48(55)42(53)35-43(54)49(50)56/h9,12-13,15-18,32-35H,6-8,10-11,14,19-31H2,1-5H3,(H2-,60,61,62,63,64,65,66,67)/p+1. The molecule has 0 radical (unpaired) electrons. The Morgan fingerprint density at radius 3 is 2.11 bits per heavy atom. The van der Waals surface area contributed by atoms with Crippen LogP contribution in [0.1, 0.15) is 89.5 Å². The summed E-state index contributed by atoms with van der Waals surface area (Å²) in [4.78, 5) is 14.1. The van der Waals surface area contributed by atoms with E-state index in [0.29, 0.717) is 92.9 Å². The van der Waals surface area contributed by atoms with Gasteiger partial charge in [0.25, 0.3) is 20.2 Å².